The molecule has 2 atom stereocenters. The van der Waals surface area contributed by atoms with Crippen molar-refractivity contribution in [2.45, 2.75) is 40.2 Å². The highest BCUT2D eigenvalue weighted by molar-refractivity contribution is 5.73. The smallest absolute Gasteiger partial charge is 0.320 e. The molecule has 0 saturated carbocycles. The molecule has 0 rings (SSSR count). The van der Waals surface area contributed by atoms with Crippen LogP contribution in [0.4, 0.5) is 0 Å². The number of rotatable bonds is 3. The fraction of sp³-hybridized carbons (Fsp3) is 0.889. The minimum absolute atomic E-state index is 0.0301. The lowest BCUT2D eigenvalue weighted by atomic mass is 9.82. The third-order valence-corrected chi connectivity index (χ3v) is 1.83. The van der Waals surface area contributed by atoms with Crippen LogP contribution in [0.5, 0.6) is 0 Å². The highest BCUT2D eigenvalue weighted by Gasteiger charge is 2.24. The van der Waals surface area contributed by atoms with Gasteiger partial charge in [0.25, 0.3) is 0 Å². The molecule has 3 N–H and O–H groups in total. The fourth-order valence-corrected chi connectivity index (χ4v) is 1.34. The molecule has 72 valence electrons. The van der Waals surface area contributed by atoms with E-state index in [1.54, 1.807) is 0 Å². The zero-order valence-electron chi connectivity index (χ0n) is 8.29. The number of hydrogen-bond donors (Lipinski definition) is 2. The second kappa shape index (κ2) is 3.90. The highest BCUT2D eigenvalue weighted by atomic mass is 16.4. The van der Waals surface area contributed by atoms with E-state index in [9.17, 15) is 4.79 Å². The number of aliphatic carboxylic acids is 1. The summed E-state index contributed by atoms with van der Waals surface area (Å²) in [5.74, 6) is -0.880. The van der Waals surface area contributed by atoms with Gasteiger partial charge in [-0.05, 0) is 17.8 Å². The Labute approximate surface area is 74.0 Å². The lowest BCUT2D eigenvalue weighted by Gasteiger charge is -2.25. The van der Waals surface area contributed by atoms with E-state index < -0.39 is 12.0 Å². The van der Waals surface area contributed by atoms with E-state index in [1.807, 2.05) is 6.92 Å². The van der Waals surface area contributed by atoms with Gasteiger partial charge < -0.3 is 10.8 Å². The zero-order chi connectivity index (χ0) is 9.94. The van der Waals surface area contributed by atoms with Crippen molar-refractivity contribution in [1.29, 1.82) is 0 Å². The molecule has 0 aromatic heterocycles. The maximum absolute atomic E-state index is 10.5. The third kappa shape index (κ3) is 4.34. The van der Waals surface area contributed by atoms with Gasteiger partial charge in [0, 0.05) is 0 Å². The number of nitrogens with two attached hydrogens (primary N) is 1. The normalized spacial score (nSPS) is 17.1. The van der Waals surface area contributed by atoms with Crippen LogP contribution in [0.3, 0.4) is 0 Å². The Kier molecular flexibility index (Phi) is 3.71. The largest absolute Gasteiger partial charge is 0.480 e. The van der Waals surface area contributed by atoms with Gasteiger partial charge in [0.2, 0.25) is 0 Å². The van der Waals surface area contributed by atoms with E-state index in [2.05, 4.69) is 20.8 Å². The van der Waals surface area contributed by atoms with Crippen LogP contribution >= 0.6 is 0 Å². The summed E-state index contributed by atoms with van der Waals surface area (Å²) >= 11 is 0. The van der Waals surface area contributed by atoms with Crippen LogP contribution in [0, 0.1) is 11.3 Å². The summed E-state index contributed by atoms with van der Waals surface area (Å²) in [7, 11) is 0. The van der Waals surface area contributed by atoms with Crippen molar-refractivity contribution in [1.82, 2.24) is 0 Å². The van der Waals surface area contributed by atoms with Gasteiger partial charge in [0.1, 0.15) is 6.04 Å². The van der Waals surface area contributed by atoms with E-state index >= 15 is 0 Å². The Hall–Kier alpha value is -0.570. The summed E-state index contributed by atoms with van der Waals surface area (Å²) in [5, 5.41) is 8.62. The minimum atomic E-state index is -0.910. The first-order valence-corrected chi connectivity index (χ1v) is 4.22. The van der Waals surface area contributed by atoms with Crippen LogP contribution in [0.25, 0.3) is 0 Å². The van der Waals surface area contributed by atoms with Crippen molar-refractivity contribution in [3.05, 3.63) is 0 Å². The summed E-state index contributed by atoms with van der Waals surface area (Å²) in [6, 6.07) is -0.732. The molecule has 12 heavy (non-hydrogen) atoms. The molecule has 0 spiro atoms. The van der Waals surface area contributed by atoms with E-state index in [-0.39, 0.29) is 11.3 Å². The van der Waals surface area contributed by atoms with Crippen molar-refractivity contribution in [3.8, 4) is 0 Å². The first-order chi connectivity index (χ1) is 5.24. The number of carbonyl (C=O) groups is 1. The number of hydrogen-bond acceptors (Lipinski definition) is 2. The lowest BCUT2D eigenvalue weighted by molar-refractivity contribution is -0.139. The Morgan fingerprint density at radius 3 is 2.17 bits per heavy atom. The van der Waals surface area contributed by atoms with E-state index in [1.165, 1.54) is 0 Å². The molecule has 0 aliphatic rings. The molecule has 0 aromatic rings. The second-order valence-corrected chi connectivity index (χ2v) is 4.61. The van der Waals surface area contributed by atoms with Crippen LogP contribution in [0.1, 0.15) is 34.1 Å². The predicted octanol–water partition coefficient (Wildman–Crippen LogP) is 1.47. The summed E-state index contributed by atoms with van der Waals surface area (Å²) in [6.45, 7) is 8.12. The molecule has 3 heteroatoms. The molecule has 0 heterocycles. The molecule has 0 aromatic carbocycles. The Bertz CT molecular complexity index is 160. The lowest BCUT2D eigenvalue weighted by Crippen LogP contribution is -2.38. The fourth-order valence-electron chi connectivity index (χ4n) is 1.34. The monoisotopic (exact) mass is 173 g/mol. The van der Waals surface area contributed by atoms with Crippen LogP contribution < -0.4 is 5.73 Å². The maximum Gasteiger partial charge on any atom is 0.320 e. The molecule has 3 nitrogen and oxygen atoms in total. The van der Waals surface area contributed by atoms with Gasteiger partial charge in [-0.1, -0.05) is 27.7 Å². The number of carboxylic acid groups (broad SMARTS) is 1. The first kappa shape index (κ1) is 11.4. The summed E-state index contributed by atoms with van der Waals surface area (Å²) in [6.07, 6.45) is 0.834. The highest BCUT2D eigenvalue weighted by Crippen LogP contribution is 2.25. The SMILES string of the molecule is CC(CC(C)(C)C)[C@H](N)C(=O)O. The van der Waals surface area contributed by atoms with Gasteiger partial charge in [-0.25, -0.2) is 0 Å². The molecule has 0 saturated heterocycles. The molecule has 0 amide bonds. The van der Waals surface area contributed by atoms with Crippen LogP contribution in [0.15, 0.2) is 0 Å². The van der Waals surface area contributed by atoms with Crippen molar-refractivity contribution in [2.75, 3.05) is 0 Å². The van der Waals surface area contributed by atoms with Crippen molar-refractivity contribution in [2.24, 2.45) is 17.1 Å². The molecule has 1 unspecified atom stereocenters. The van der Waals surface area contributed by atoms with Gasteiger partial charge in [-0.15, -0.1) is 0 Å². The molecule has 0 fully saturated rings. The summed E-state index contributed by atoms with van der Waals surface area (Å²) < 4.78 is 0. The van der Waals surface area contributed by atoms with Gasteiger partial charge in [0.15, 0.2) is 0 Å². The molecule has 0 aliphatic heterocycles. The van der Waals surface area contributed by atoms with Crippen LogP contribution in [-0.2, 0) is 4.79 Å². The van der Waals surface area contributed by atoms with Gasteiger partial charge >= 0.3 is 5.97 Å². The van der Waals surface area contributed by atoms with E-state index in [0.717, 1.165) is 6.42 Å². The topological polar surface area (TPSA) is 63.3 Å². The minimum Gasteiger partial charge on any atom is -0.480 e. The Balaban J connectivity index is 4.04. The third-order valence-electron chi connectivity index (χ3n) is 1.83. The van der Waals surface area contributed by atoms with Gasteiger partial charge in [0.05, 0.1) is 0 Å². The van der Waals surface area contributed by atoms with Gasteiger partial charge in [-0.3, -0.25) is 4.79 Å². The van der Waals surface area contributed by atoms with Gasteiger partial charge in [-0.2, -0.15) is 0 Å². The molecular formula is C9H19NO2. The van der Waals surface area contributed by atoms with Crippen molar-refractivity contribution >= 4 is 5.97 Å². The quantitative estimate of drug-likeness (QED) is 0.679. The molecule has 0 bridgehead atoms. The van der Waals surface area contributed by atoms with E-state index in [0.29, 0.717) is 0 Å². The second-order valence-electron chi connectivity index (χ2n) is 4.61. The predicted molar refractivity (Wildman–Crippen MR) is 48.8 cm³/mol. The molecular weight excluding hydrogens is 154 g/mol. The standard InChI is InChI=1S/C9H19NO2/c1-6(5-9(2,3)4)7(10)8(11)12/h6-7H,5,10H2,1-4H3,(H,11,12)/t6?,7-/m0/s1. The molecule has 0 aliphatic carbocycles. The van der Waals surface area contributed by atoms with Crippen molar-refractivity contribution < 1.29 is 9.90 Å². The van der Waals surface area contributed by atoms with Crippen molar-refractivity contribution in [3.63, 3.8) is 0 Å². The van der Waals surface area contributed by atoms with Crippen LogP contribution in [0.2, 0.25) is 0 Å². The Morgan fingerprint density at radius 2 is 1.92 bits per heavy atom. The van der Waals surface area contributed by atoms with E-state index in [4.69, 9.17) is 10.8 Å². The molecule has 0 radical (unpaired) electrons. The maximum atomic E-state index is 10.5. The average Bonchev–Trinajstić information content (AvgIpc) is 1.82. The summed E-state index contributed by atoms with van der Waals surface area (Å²) in [4.78, 5) is 10.5. The average molecular weight is 173 g/mol. The van der Waals surface area contributed by atoms with Crippen LogP contribution in [-0.4, -0.2) is 17.1 Å². The number of carboxylic acids is 1. The first-order valence-electron chi connectivity index (χ1n) is 4.22. The summed E-state index contributed by atoms with van der Waals surface area (Å²) in [5.41, 5.74) is 5.61. The Morgan fingerprint density at radius 1 is 1.50 bits per heavy atom. The zero-order valence-corrected chi connectivity index (χ0v) is 8.29.